The van der Waals surface area contributed by atoms with Gasteiger partial charge in [0.05, 0.1) is 0 Å². The number of carbonyl (C=O) groups excluding carboxylic acids is 2. The third-order valence-electron chi connectivity index (χ3n) is 4.38. The summed E-state index contributed by atoms with van der Waals surface area (Å²) in [6.07, 6.45) is 0. The molecule has 6 nitrogen and oxygen atoms in total. The summed E-state index contributed by atoms with van der Waals surface area (Å²) < 4.78 is 0. The summed E-state index contributed by atoms with van der Waals surface area (Å²) in [5.41, 5.74) is 2.12. The largest absolute Gasteiger partial charge is 0.341 e. The van der Waals surface area contributed by atoms with E-state index in [1.54, 1.807) is 14.1 Å². The minimum Gasteiger partial charge on any atom is -0.341 e. The Balaban J connectivity index is 0.000000771. The minimum absolute atomic E-state index is 0.148. The van der Waals surface area contributed by atoms with Gasteiger partial charge in [-0.15, -0.1) is 0 Å². The Morgan fingerprint density at radius 3 is 1.61 bits per heavy atom. The van der Waals surface area contributed by atoms with Gasteiger partial charge in [0.2, 0.25) is 0 Å². The van der Waals surface area contributed by atoms with Gasteiger partial charge in [-0.1, -0.05) is 76.2 Å². The first-order chi connectivity index (χ1) is 15.1. The fourth-order valence-electron chi connectivity index (χ4n) is 2.84. The lowest BCUT2D eigenvalue weighted by Gasteiger charge is -2.34. The minimum atomic E-state index is -0.157. The van der Waals surface area contributed by atoms with Crippen LogP contribution in [0.4, 0.5) is 4.79 Å². The number of nitrogens with zero attached hydrogens (tertiary/aromatic N) is 2. The summed E-state index contributed by atoms with van der Waals surface area (Å²) in [5, 5.41) is 4.73. The van der Waals surface area contributed by atoms with Crippen LogP contribution >= 0.6 is 0 Å². The van der Waals surface area contributed by atoms with E-state index in [4.69, 9.17) is 0 Å². The second-order valence-electron chi connectivity index (χ2n) is 6.25. The number of benzene rings is 2. The molecule has 172 valence electrons. The Kier molecular flexibility index (Phi) is 16.3. The van der Waals surface area contributed by atoms with Crippen molar-refractivity contribution in [1.29, 1.82) is 0 Å². The monoisotopic (exact) mass is 428 g/mol. The van der Waals surface area contributed by atoms with Gasteiger partial charge >= 0.3 is 6.03 Å². The van der Waals surface area contributed by atoms with Crippen molar-refractivity contribution in [1.82, 2.24) is 20.4 Å². The average molecular weight is 429 g/mol. The van der Waals surface area contributed by atoms with E-state index in [-0.39, 0.29) is 11.9 Å². The lowest BCUT2D eigenvalue weighted by Crippen LogP contribution is -2.48. The Hall–Kier alpha value is -2.86. The Bertz CT molecular complexity index is 694. The highest BCUT2D eigenvalue weighted by atomic mass is 16.2. The zero-order valence-electron chi connectivity index (χ0n) is 20.0. The van der Waals surface area contributed by atoms with Crippen molar-refractivity contribution in [3.8, 4) is 0 Å². The van der Waals surface area contributed by atoms with Crippen LogP contribution in [0.2, 0.25) is 0 Å². The number of hydrogen-bond acceptors (Lipinski definition) is 3. The van der Waals surface area contributed by atoms with Gasteiger partial charge in [-0.3, -0.25) is 9.69 Å². The molecular weight excluding hydrogens is 388 g/mol. The molecule has 1 fully saturated rings. The van der Waals surface area contributed by atoms with Gasteiger partial charge in [-0.2, -0.15) is 0 Å². The number of nitrogens with one attached hydrogen (secondary N) is 2. The first-order valence-electron chi connectivity index (χ1n) is 11.1. The predicted octanol–water partition coefficient (Wildman–Crippen LogP) is 4.24. The van der Waals surface area contributed by atoms with Crippen LogP contribution in [0.5, 0.6) is 0 Å². The molecule has 3 amide bonds. The van der Waals surface area contributed by atoms with E-state index in [0.717, 1.165) is 38.3 Å². The predicted molar refractivity (Wildman–Crippen MR) is 130 cm³/mol. The van der Waals surface area contributed by atoms with Gasteiger partial charge in [0, 0.05) is 52.4 Å². The smallest absolute Gasteiger partial charge is 0.314 e. The van der Waals surface area contributed by atoms with Crippen LogP contribution in [0.15, 0.2) is 60.7 Å². The molecule has 31 heavy (non-hydrogen) atoms. The highest BCUT2D eigenvalue weighted by molar-refractivity contribution is 5.94. The number of rotatable bonds is 3. The van der Waals surface area contributed by atoms with Gasteiger partial charge in [0.1, 0.15) is 0 Å². The topological polar surface area (TPSA) is 64.7 Å². The summed E-state index contributed by atoms with van der Waals surface area (Å²) in [4.78, 5) is 26.7. The van der Waals surface area contributed by atoms with Crippen molar-refractivity contribution < 1.29 is 9.59 Å². The molecule has 0 atom stereocenters. The lowest BCUT2D eigenvalue weighted by molar-refractivity contribution is 0.0628. The van der Waals surface area contributed by atoms with Gasteiger partial charge in [-0.25, -0.2) is 4.79 Å². The van der Waals surface area contributed by atoms with Crippen LogP contribution < -0.4 is 10.6 Å². The molecule has 2 aromatic carbocycles. The normalized spacial score (nSPS) is 12.5. The van der Waals surface area contributed by atoms with Gasteiger partial charge in [0.25, 0.3) is 5.91 Å². The molecule has 2 aromatic rings. The van der Waals surface area contributed by atoms with Crippen LogP contribution in [0.25, 0.3) is 0 Å². The molecule has 1 aliphatic rings. The highest BCUT2D eigenvalue weighted by Gasteiger charge is 2.21. The van der Waals surface area contributed by atoms with E-state index in [9.17, 15) is 9.59 Å². The van der Waals surface area contributed by atoms with E-state index in [2.05, 4.69) is 39.8 Å². The number of carbonyl (C=O) groups is 2. The summed E-state index contributed by atoms with van der Waals surface area (Å²) in [6.45, 7) is 12.5. The van der Waals surface area contributed by atoms with E-state index in [0.29, 0.717) is 0 Å². The standard InChI is InChI=1S/C18H20N2O.C3H8N2O.2C2H6/c21-18(17-9-5-2-6-10-17)20-13-11-19(12-14-20)15-16-7-3-1-4-8-16;1-4-3(6)5-2;2*1-2/h1-10H,11-15H2;1-2H3,(H2,4,5,6);2*1-2H3. The van der Waals surface area contributed by atoms with Gasteiger partial charge < -0.3 is 15.5 Å². The second kappa shape index (κ2) is 18.0. The van der Waals surface area contributed by atoms with Crippen molar-refractivity contribution in [3.63, 3.8) is 0 Å². The molecular formula is C25H40N4O2. The second-order valence-corrected chi connectivity index (χ2v) is 6.25. The Morgan fingerprint density at radius 1 is 0.742 bits per heavy atom. The average Bonchev–Trinajstić information content (AvgIpc) is 2.87. The maximum Gasteiger partial charge on any atom is 0.314 e. The zero-order chi connectivity index (χ0) is 23.5. The molecule has 3 rings (SSSR count). The molecule has 0 spiro atoms. The molecule has 1 aliphatic heterocycles. The van der Waals surface area contributed by atoms with E-state index >= 15 is 0 Å². The fourth-order valence-corrected chi connectivity index (χ4v) is 2.84. The maximum atomic E-state index is 12.4. The van der Waals surface area contributed by atoms with Crippen molar-refractivity contribution in [2.75, 3.05) is 40.3 Å². The molecule has 6 heteroatoms. The SMILES string of the molecule is CC.CC.CNC(=O)NC.O=C(c1ccccc1)N1CCN(Cc2ccccc2)CC1. The van der Waals surface area contributed by atoms with Crippen LogP contribution in [0.1, 0.15) is 43.6 Å². The summed E-state index contributed by atoms with van der Waals surface area (Å²) >= 11 is 0. The van der Waals surface area contributed by atoms with E-state index < -0.39 is 0 Å². The fraction of sp³-hybridized carbons (Fsp3) is 0.440. The first-order valence-corrected chi connectivity index (χ1v) is 11.1. The zero-order valence-corrected chi connectivity index (χ0v) is 20.0. The van der Waals surface area contributed by atoms with Gasteiger partial charge in [0.15, 0.2) is 0 Å². The third kappa shape index (κ3) is 11.2. The number of piperazine rings is 1. The van der Waals surface area contributed by atoms with Crippen molar-refractivity contribution in [2.24, 2.45) is 0 Å². The van der Waals surface area contributed by atoms with Crippen LogP contribution in [0, 0.1) is 0 Å². The van der Waals surface area contributed by atoms with Crippen molar-refractivity contribution >= 4 is 11.9 Å². The molecule has 2 N–H and O–H groups in total. The number of hydrogen-bond donors (Lipinski definition) is 2. The van der Waals surface area contributed by atoms with Crippen molar-refractivity contribution in [3.05, 3.63) is 71.8 Å². The van der Waals surface area contributed by atoms with Gasteiger partial charge in [-0.05, 0) is 17.7 Å². The van der Waals surface area contributed by atoms with Crippen LogP contribution in [-0.4, -0.2) is 62.0 Å². The highest BCUT2D eigenvalue weighted by Crippen LogP contribution is 2.11. The molecule has 0 unspecified atom stereocenters. The number of amides is 3. The molecule has 0 saturated carbocycles. The Labute approximate surface area is 188 Å². The Morgan fingerprint density at radius 2 is 1.19 bits per heavy atom. The van der Waals surface area contributed by atoms with Crippen LogP contribution in [0.3, 0.4) is 0 Å². The molecule has 0 bridgehead atoms. The molecule has 0 radical (unpaired) electrons. The summed E-state index contributed by atoms with van der Waals surface area (Å²) in [7, 11) is 3.14. The van der Waals surface area contributed by atoms with Crippen LogP contribution in [-0.2, 0) is 6.54 Å². The number of urea groups is 1. The van der Waals surface area contributed by atoms with Crippen molar-refractivity contribution in [2.45, 2.75) is 34.2 Å². The third-order valence-corrected chi connectivity index (χ3v) is 4.38. The lowest BCUT2D eigenvalue weighted by atomic mass is 10.1. The van der Waals surface area contributed by atoms with E-state index in [1.165, 1.54) is 5.56 Å². The summed E-state index contributed by atoms with van der Waals surface area (Å²) in [5.74, 6) is 0.148. The first kappa shape index (κ1) is 28.1. The molecule has 1 heterocycles. The molecule has 0 aliphatic carbocycles. The maximum absolute atomic E-state index is 12.4. The molecule has 0 aromatic heterocycles. The van der Waals surface area contributed by atoms with E-state index in [1.807, 2.05) is 69.0 Å². The quantitative estimate of drug-likeness (QED) is 0.768. The molecule has 1 saturated heterocycles. The summed E-state index contributed by atoms with van der Waals surface area (Å²) in [6, 6.07) is 19.9.